The molecule has 198 valence electrons. The van der Waals surface area contributed by atoms with Crippen LogP contribution < -0.4 is 20.7 Å². The Morgan fingerprint density at radius 2 is 2.16 bits per heavy atom. The van der Waals surface area contributed by atoms with Gasteiger partial charge in [0, 0.05) is 30.2 Å². The summed E-state index contributed by atoms with van der Waals surface area (Å²) in [5.74, 6) is -1.40. The standard InChI is InChI=1S/C26H27F2N7O3/c27-21-4-1-5-22(25(21)28)34-24(36)14-35-13-18(12-32-35)33-26-20-7-6-19(11-23(20)30-16-31-26)38-9-2-3-17-15-37-10-8-29-17/h1,4-7,11-13,16-17,29H,2-3,8-10,14-15H2,(H,34,36)(H,30,31,33). The van der Waals surface area contributed by atoms with Crippen LogP contribution in [0.4, 0.5) is 26.0 Å². The van der Waals surface area contributed by atoms with Crippen molar-refractivity contribution < 1.29 is 23.0 Å². The number of anilines is 3. The highest BCUT2D eigenvalue weighted by Crippen LogP contribution is 2.26. The molecule has 1 aliphatic heterocycles. The topological polar surface area (TPSA) is 115 Å². The van der Waals surface area contributed by atoms with Crippen molar-refractivity contribution in [1.29, 1.82) is 0 Å². The molecule has 10 nitrogen and oxygen atoms in total. The first-order valence-corrected chi connectivity index (χ1v) is 12.3. The molecule has 38 heavy (non-hydrogen) atoms. The van der Waals surface area contributed by atoms with Gasteiger partial charge in [-0.15, -0.1) is 0 Å². The molecule has 3 N–H and O–H groups in total. The Labute approximate surface area is 217 Å². The number of carbonyl (C=O) groups excluding carboxylic acids is 1. The smallest absolute Gasteiger partial charge is 0.246 e. The summed E-state index contributed by atoms with van der Waals surface area (Å²) in [5, 5.41) is 13.9. The van der Waals surface area contributed by atoms with Crippen LogP contribution in [0.2, 0.25) is 0 Å². The van der Waals surface area contributed by atoms with E-state index in [2.05, 4.69) is 31.0 Å². The van der Waals surface area contributed by atoms with E-state index in [0.717, 1.165) is 49.8 Å². The first kappa shape index (κ1) is 25.5. The molecule has 3 heterocycles. The van der Waals surface area contributed by atoms with Crippen LogP contribution in [0.15, 0.2) is 55.1 Å². The largest absolute Gasteiger partial charge is 0.494 e. The molecule has 1 aliphatic rings. The van der Waals surface area contributed by atoms with Crippen LogP contribution in [0.5, 0.6) is 5.75 Å². The van der Waals surface area contributed by atoms with Crippen LogP contribution in [0.25, 0.3) is 10.9 Å². The molecule has 0 spiro atoms. The van der Waals surface area contributed by atoms with Gasteiger partial charge in [-0.3, -0.25) is 9.48 Å². The van der Waals surface area contributed by atoms with Crippen molar-refractivity contribution in [3.63, 3.8) is 0 Å². The van der Waals surface area contributed by atoms with Crippen LogP contribution in [0.1, 0.15) is 12.8 Å². The molecular weight excluding hydrogens is 496 g/mol. The van der Waals surface area contributed by atoms with Crippen LogP contribution >= 0.6 is 0 Å². The van der Waals surface area contributed by atoms with Gasteiger partial charge in [0.25, 0.3) is 0 Å². The first-order chi connectivity index (χ1) is 18.5. The molecule has 4 aromatic rings. The van der Waals surface area contributed by atoms with Crippen molar-refractivity contribution >= 4 is 34.0 Å². The first-order valence-electron chi connectivity index (χ1n) is 12.3. The molecule has 2 aromatic heterocycles. The fraction of sp³-hybridized carbons (Fsp3) is 0.308. The van der Waals surface area contributed by atoms with Crippen LogP contribution in [-0.4, -0.2) is 58.1 Å². The molecule has 0 aliphatic carbocycles. The zero-order chi connectivity index (χ0) is 26.3. The Bertz CT molecular complexity index is 1410. The molecular formula is C26H27F2N7O3. The highest BCUT2D eigenvalue weighted by molar-refractivity contribution is 5.92. The Morgan fingerprint density at radius 3 is 3.03 bits per heavy atom. The lowest BCUT2D eigenvalue weighted by Crippen LogP contribution is -2.41. The van der Waals surface area contributed by atoms with Crippen LogP contribution in [0.3, 0.4) is 0 Å². The number of ether oxygens (including phenoxy) is 2. The van der Waals surface area contributed by atoms with Gasteiger partial charge in [-0.05, 0) is 37.1 Å². The molecule has 0 radical (unpaired) electrons. The van der Waals surface area contributed by atoms with Gasteiger partial charge in [-0.25, -0.2) is 18.7 Å². The second-order valence-corrected chi connectivity index (χ2v) is 8.82. The van der Waals surface area contributed by atoms with Gasteiger partial charge in [0.15, 0.2) is 11.6 Å². The molecule has 1 atom stereocenters. The number of nitrogens with one attached hydrogen (secondary N) is 3. The van der Waals surface area contributed by atoms with Gasteiger partial charge in [-0.1, -0.05) is 6.07 Å². The molecule has 12 heteroatoms. The summed E-state index contributed by atoms with van der Waals surface area (Å²) < 4.78 is 39.9. The molecule has 0 bridgehead atoms. The Hall–Kier alpha value is -4.16. The van der Waals surface area contributed by atoms with E-state index < -0.39 is 17.5 Å². The van der Waals surface area contributed by atoms with E-state index in [1.165, 1.54) is 29.3 Å². The number of aromatic nitrogens is 4. The van der Waals surface area contributed by atoms with E-state index in [-0.39, 0.29) is 12.2 Å². The maximum atomic E-state index is 13.8. The summed E-state index contributed by atoms with van der Waals surface area (Å²) in [6.07, 6.45) is 6.50. The highest BCUT2D eigenvalue weighted by atomic mass is 19.2. The molecule has 1 unspecified atom stereocenters. The lowest BCUT2D eigenvalue weighted by Gasteiger charge is -2.23. The maximum Gasteiger partial charge on any atom is 0.246 e. The average molecular weight is 524 g/mol. The van der Waals surface area contributed by atoms with Crippen LogP contribution in [0, 0.1) is 11.6 Å². The number of halogens is 2. The summed E-state index contributed by atoms with van der Waals surface area (Å²) in [4.78, 5) is 21.0. The van der Waals surface area contributed by atoms with Gasteiger partial charge >= 0.3 is 0 Å². The number of benzene rings is 2. The fourth-order valence-corrected chi connectivity index (χ4v) is 4.14. The minimum atomic E-state index is -1.11. The molecule has 1 saturated heterocycles. The summed E-state index contributed by atoms with van der Waals surface area (Å²) >= 11 is 0. The zero-order valence-electron chi connectivity index (χ0n) is 20.5. The fourth-order valence-electron chi connectivity index (χ4n) is 4.14. The van der Waals surface area contributed by atoms with Gasteiger partial charge in [0.1, 0.15) is 24.4 Å². The number of hydrogen-bond donors (Lipinski definition) is 3. The van der Waals surface area contributed by atoms with Gasteiger partial charge < -0.3 is 25.4 Å². The van der Waals surface area contributed by atoms with E-state index in [1.54, 1.807) is 6.20 Å². The van der Waals surface area contributed by atoms with Crippen molar-refractivity contribution in [3.05, 3.63) is 66.8 Å². The lowest BCUT2D eigenvalue weighted by molar-refractivity contribution is -0.116. The highest BCUT2D eigenvalue weighted by Gasteiger charge is 2.14. The summed E-state index contributed by atoms with van der Waals surface area (Å²) in [5.41, 5.74) is 1.08. The molecule has 0 saturated carbocycles. The summed E-state index contributed by atoms with van der Waals surface area (Å²) in [6, 6.07) is 9.58. The number of nitrogens with zero attached hydrogens (tertiary/aromatic N) is 4. The van der Waals surface area contributed by atoms with Gasteiger partial charge in [0.2, 0.25) is 5.91 Å². The molecule has 5 rings (SSSR count). The third-order valence-corrected chi connectivity index (χ3v) is 6.00. The Morgan fingerprint density at radius 1 is 1.24 bits per heavy atom. The van der Waals surface area contributed by atoms with Gasteiger partial charge in [-0.2, -0.15) is 5.10 Å². The van der Waals surface area contributed by atoms with Crippen molar-refractivity contribution in [2.24, 2.45) is 0 Å². The lowest BCUT2D eigenvalue weighted by atomic mass is 10.1. The third-order valence-electron chi connectivity index (χ3n) is 6.00. The second kappa shape index (κ2) is 11.9. The number of carbonyl (C=O) groups is 1. The van der Waals surface area contributed by atoms with Crippen molar-refractivity contribution in [3.8, 4) is 5.75 Å². The number of rotatable bonds is 10. The summed E-state index contributed by atoms with van der Waals surface area (Å²) in [6.45, 7) is 2.80. The number of fused-ring (bicyclic) bond motifs is 1. The van der Waals surface area contributed by atoms with E-state index in [9.17, 15) is 13.6 Å². The van der Waals surface area contributed by atoms with Crippen molar-refractivity contribution in [2.45, 2.75) is 25.4 Å². The summed E-state index contributed by atoms with van der Waals surface area (Å²) in [7, 11) is 0. The Balaban J connectivity index is 1.17. The minimum absolute atomic E-state index is 0.188. The minimum Gasteiger partial charge on any atom is -0.494 e. The number of hydrogen-bond acceptors (Lipinski definition) is 8. The predicted octanol–water partition coefficient (Wildman–Crippen LogP) is 3.63. The Kier molecular flexibility index (Phi) is 8.00. The molecule has 1 fully saturated rings. The quantitative estimate of drug-likeness (QED) is 0.270. The molecule has 2 aromatic carbocycles. The van der Waals surface area contributed by atoms with Crippen molar-refractivity contribution in [2.75, 3.05) is 37.0 Å². The SMILES string of the molecule is O=C(Cn1cc(Nc2ncnc3cc(OCCCC4COCCN4)ccc23)cn1)Nc1cccc(F)c1F. The van der Waals surface area contributed by atoms with E-state index in [0.29, 0.717) is 29.7 Å². The van der Waals surface area contributed by atoms with Crippen LogP contribution in [-0.2, 0) is 16.1 Å². The third kappa shape index (κ3) is 6.39. The zero-order valence-corrected chi connectivity index (χ0v) is 20.5. The average Bonchev–Trinajstić information content (AvgIpc) is 3.36. The van der Waals surface area contributed by atoms with E-state index in [4.69, 9.17) is 9.47 Å². The number of morpholine rings is 1. The maximum absolute atomic E-state index is 13.8. The predicted molar refractivity (Wildman–Crippen MR) is 137 cm³/mol. The van der Waals surface area contributed by atoms with Gasteiger partial charge in [0.05, 0.1) is 42.9 Å². The second-order valence-electron chi connectivity index (χ2n) is 8.82. The van der Waals surface area contributed by atoms with E-state index >= 15 is 0 Å². The normalized spacial score (nSPS) is 15.4. The van der Waals surface area contributed by atoms with E-state index in [1.807, 2.05) is 18.2 Å². The molecule has 1 amide bonds. The number of amides is 1. The monoisotopic (exact) mass is 523 g/mol. The van der Waals surface area contributed by atoms with Crippen molar-refractivity contribution in [1.82, 2.24) is 25.1 Å².